The normalized spacial score (nSPS) is 13.9. The van der Waals surface area contributed by atoms with Gasteiger partial charge in [0.05, 0.1) is 0 Å². The van der Waals surface area contributed by atoms with Crippen LogP contribution < -0.4 is 24.8 Å². The third-order valence-corrected chi connectivity index (χ3v) is 7.92. The van der Waals surface area contributed by atoms with Crippen LogP contribution in [0.2, 0.25) is 0 Å². The second-order valence-electron chi connectivity index (χ2n) is 11.7. The van der Waals surface area contributed by atoms with Crippen LogP contribution >= 0.6 is 0 Å². The molecule has 39 heavy (non-hydrogen) atoms. The quantitative estimate of drug-likeness (QED) is 0.277. The molecule has 0 nitrogen and oxygen atoms in total. The van der Waals surface area contributed by atoms with Crippen LogP contribution in [0.25, 0.3) is 21.5 Å². The Kier molecular flexibility index (Phi) is 13.4. The molecular weight excluding hydrogens is 595 g/mol. The standard InChI is InChI=1S/C17H17.C10H15.C9H10.2ClH.Zr/c1-10-5-14-9-15-6-11(2)13(4)8-17(15)16(14)7-12(10)3;1-8-5-6-9(7-8)10(2,3)4;1-3-9-6-4-8(2)5-7-9;;;/h5-9H,1-4H3;6-8H,1-4H3;4-7H,1-2H3;2*1H;/q2*-1;;;;+2/p-2. The Balaban J connectivity index is 0.000000303. The molecule has 0 heterocycles. The van der Waals surface area contributed by atoms with E-state index in [-0.39, 0.29) is 24.8 Å². The van der Waals surface area contributed by atoms with Gasteiger partial charge < -0.3 is 24.8 Å². The fraction of sp³-hybridized carbons (Fsp3) is 0.333. The van der Waals surface area contributed by atoms with E-state index in [0.717, 1.165) is 0 Å². The molecule has 0 aliphatic heterocycles. The summed E-state index contributed by atoms with van der Waals surface area (Å²) in [6.45, 7) is 21.9. The molecule has 3 heteroatoms. The third kappa shape index (κ3) is 9.45. The van der Waals surface area contributed by atoms with Crippen LogP contribution in [0.4, 0.5) is 0 Å². The minimum atomic E-state index is 0. The summed E-state index contributed by atoms with van der Waals surface area (Å²) in [5.41, 5.74) is 9.94. The van der Waals surface area contributed by atoms with Gasteiger partial charge >= 0.3 is 76.7 Å². The molecule has 4 aromatic rings. The third-order valence-electron chi connectivity index (χ3n) is 7.21. The molecule has 0 saturated carbocycles. The first kappa shape index (κ1) is 35.4. The van der Waals surface area contributed by atoms with Gasteiger partial charge in [0.2, 0.25) is 0 Å². The molecule has 1 unspecified atom stereocenters. The van der Waals surface area contributed by atoms with Crippen molar-refractivity contribution in [3.63, 3.8) is 0 Å². The second-order valence-corrected chi connectivity index (χ2v) is 13.5. The molecule has 206 valence electrons. The number of halogens is 2. The molecule has 0 fully saturated rings. The molecular formula is C36H42Cl2Zr-2. The smallest absolute Gasteiger partial charge is 0.0408 e. The Morgan fingerprint density at radius 2 is 1.21 bits per heavy atom. The van der Waals surface area contributed by atoms with Crippen molar-refractivity contribution in [1.82, 2.24) is 0 Å². The van der Waals surface area contributed by atoms with E-state index in [1.54, 1.807) is 0 Å². The van der Waals surface area contributed by atoms with Gasteiger partial charge in [0.15, 0.2) is 0 Å². The zero-order valence-corrected chi connectivity index (χ0v) is 29.2. The van der Waals surface area contributed by atoms with Gasteiger partial charge in [-0.05, 0) is 27.7 Å². The molecule has 1 aliphatic rings. The Bertz CT molecular complexity index is 1410. The fourth-order valence-corrected chi connectivity index (χ4v) is 4.82. The van der Waals surface area contributed by atoms with Crippen molar-refractivity contribution in [3.8, 4) is 0 Å². The van der Waals surface area contributed by atoms with E-state index in [2.05, 4.69) is 142 Å². The number of fused-ring (bicyclic) bond motifs is 3. The van der Waals surface area contributed by atoms with Gasteiger partial charge in [-0.3, -0.25) is 6.08 Å². The molecule has 0 amide bonds. The zero-order chi connectivity index (χ0) is 27.5. The maximum Gasteiger partial charge on any atom is -0.0408 e. The second kappa shape index (κ2) is 14.8. The van der Waals surface area contributed by atoms with Crippen LogP contribution in [-0.2, 0) is 24.2 Å². The van der Waals surface area contributed by atoms with Crippen LogP contribution in [-0.4, -0.2) is 3.21 Å². The molecule has 0 aromatic heterocycles. The maximum atomic E-state index is 3.26. The minimum Gasteiger partial charge on any atom is -1.00 e. The van der Waals surface area contributed by atoms with Crippen molar-refractivity contribution < 1.29 is 49.0 Å². The molecule has 4 aromatic carbocycles. The zero-order valence-electron chi connectivity index (χ0n) is 25.2. The molecule has 0 saturated heterocycles. The van der Waals surface area contributed by atoms with Crippen LogP contribution in [0, 0.1) is 52.0 Å². The van der Waals surface area contributed by atoms with Crippen molar-refractivity contribution in [2.45, 2.75) is 69.2 Å². The largest absolute Gasteiger partial charge is 1.00 e. The van der Waals surface area contributed by atoms with Crippen LogP contribution in [0.15, 0.2) is 72.3 Å². The van der Waals surface area contributed by atoms with Gasteiger partial charge in [-0.1, -0.05) is 73.4 Å². The van der Waals surface area contributed by atoms with Crippen molar-refractivity contribution in [1.29, 1.82) is 0 Å². The Morgan fingerprint density at radius 3 is 1.54 bits per heavy atom. The number of aryl methyl sites for hydroxylation is 5. The van der Waals surface area contributed by atoms with E-state index in [1.165, 1.54) is 87.9 Å². The average molecular weight is 637 g/mol. The van der Waals surface area contributed by atoms with E-state index in [9.17, 15) is 0 Å². The van der Waals surface area contributed by atoms with Gasteiger partial charge in [0.1, 0.15) is 0 Å². The van der Waals surface area contributed by atoms with Gasteiger partial charge in [-0.2, -0.15) is 11.6 Å². The molecule has 0 spiro atoms. The maximum absolute atomic E-state index is 3.26. The Labute approximate surface area is 264 Å². The number of hydrogen-bond donors (Lipinski definition) is 0. The molecule has 0 bridgehead atoms. The molecule has 1 aliphatic carbocycles. The van der Waals surface area contributed by atoms with Crippen LogP contribution in [0.3, 0.4) is 0 Å². The number of benzene rings is 3. The first-order valence-electron chi connectivity index (χ1n) is 13.3. The van der Waals surface area contributed by atoms with Gasteiger partial charge in [0.25, 0.3) is 0 Å². The summed E-state index contributed by atoms with van der Waals surface area (Å²) in [4.78, 5) is 0. The van der Waals surface area contributed by atoms with Gasteiger partial charge in [-0.25, -0.2) is 6.08 Å². The van der Waals surface area contributed by atoms with E-state index < -0.39 is 0 Å². The van der Waals surface area contributed by atoms with E-state index in [1.807, 2.05) is 0 Å². The summed E-state index contributed by atoms with van der Waals surface area (Å²) in [5.74, 6) is 0.522. The van der Waals surface area contributed by atoms with Crippen molar-refractivity contribution >= 4 is 24.8 Å². The van der Waals surface area contributed by atoms with E-state index in [4.69, 9.17) is 0 Å². The molecule has 5 rings (SSSR count). The monoisotopic (exact) mass is 634 g/mol. The number of allylic oxidation sites excluding steroid dienone is 4. The fourth-order valence-electron chi connectivity index (χ4n) is 4.41. The van der Waals surface area contributed by atoms with Gasteiger partial charge in [-0.15, -0.1) is 39.7 Å². The molecule has 0 N–H and O–H groups in total. The molecule has 0 radical (unpaired) electrons. The summed E-state index contributed by atoms with van der Waals surface area (Å²) < 4.78 is 1.46. The number of hydrogen-bond acceptors (Lipinski definition) is 0. The summed E-state index contributed by atoms with van der Waals surface area (Å²) in [6.07, 6.45) is 7.65. The molecule has 1 atom stereocenters. The van der Waals surface area contributed by atoms with E-state index >= 15 is 0 Å². The van der Waals surface area contributed by atoms with Crippen LogP contribution in [0.5, 0.6) is 0 Å². The number of rotatable bonds is 1. The van der Waals surface area contributed by atoms with Crippen molar-refractivity contribution in [2.75, 3.05) is 0 Å². The topological polar surface area (TPSA) is 0 Å². The van der Waals surface area contributed by atoms with Crippen molar-refractivity contribution in [3.05, 3.63) is 112 Å². The predicted octanol–water partition coefficient (Wildman–Crippen LogP) is 4.00. The van der Waals surface area contributed by atoms with E-state index in [0.29, 0.717) is 11.3 Å². The summed E-state index contributed by atoms with van der Waals surface area (Å²) in [5, 5.41) is 5.53. The summed E-state index contributed by atoms with van der Waals surface area (Å²) in [6, 6.07) is 20.2. The SMILES string of the molecule is CC1[C-]=CC(C(C)(C)C)=C1.C[C](=[Zr+2])c1ccc(C)cc1.Cc1cc2[cH-]c3cc(C)c(C)cc3c2cc1C.[Cl-].[Cl-]. The summed E-state index contributed by atoms with van der Waals surface area (Å²) >= 11 is 1.51. The van der Waals surface area contributed by atoms with Crippen molar-refractivity contribution in [2.24, 2.45) is 11.3 Å². The minimum absolute atomic E-state index is 0. The first-order valence-corrected chi connectivity index (χ1v) is 14.5. The van der Waals surface area contributed by atoms with Crippen LogP contribution in [0.1, 0.15) is 68.0 Å². The Morgan fingerprint density at radius 1 is 0.769 bits per heavy atom. The predicted molar refractivity (Wildman–Crippen MR) is 161 cm³/mol. The van der Waals surface area contributed by atoms with Gasteiger partial charge in [0, 0.05) is 0 Å². The first-order chi connectivity index (χ1) is 17.3. The summed E-state index contributed by atoms with van der Waals surface area (Å²) in [7, 11) is 0. The average Bonchev–Trinajstić information content (AvgIpc) is 3.39. The Hall–Kier alpha value is -1.66.